The van der Waals surface area contributed by atoms with E-state index >= 15 is 0 Å². The highest BCUT2D eigenvalue weighted by molar-refractivity contribution is 6.00. The Morgan fingerprint density at radius 3 is 2.07 bits per heavy atom. The zero-order valence-electron chi connectivity index (χ0n) is 23.6. The number of hydrogen-bond donors (Lipinski definition) is 3. The summed E-state index contributed by atoms with van der Waals surface area (Å²) in [5.41, 5.74) is 13.9. The first kappa shape index (κ1) is 29.9. The molecule has 222 valence electrons. The van der Waals surface area contributed by atoms with Gasteiger partial charge >= 0.3 is 5.97 Å². The fraction of sp³-hybridized carbons (Fsp3) is 0.467. The second-order valence-corrected chi connectivity index (χ2v) is 10.2. The number of rotatable bonds is 13. The number of likely N-dealkylation sites (tertiary alicyclic amines) is 1. The van der Waals surface area contributed by atoms with Crippen LogP contribution in [0.2, 0.25) is 0 Å². The molecule has 2 heterocycles. The fourth-order valence-electron chi connectivity index (χ4n) is 5.26. The molecule has 0 radical (unpaired) electrons. The van der Waals surface area contributed by atoms with Crippen LogP contribution in [0.25, 0.3) is 0 Å². The van der Waals surface area contributed by atoms with Crippen LogP contribution in [0.1, 0.15) is 59.2 Å². The lowest BCUT2D eigenvalue weighted by Gasteiger charge is -2.29. The Labute approximate surface area is 239 Å². The van der Waals surface area contributed by atoms with Gasteiger partial charge in [0, 0.05) is 37.0 Å². The highest BCUT2D eigenvalue weighted by Crippen LogP contribution is 2.36. The third kappa shape index (κ3) is 6.97. The van der Waals surface area contributed by atoms with Crippen molar-refractivity contribution < 1.29 is 38.4 Å². The van der Waals surface area contributed by atoms with E-state index in [0.29, 0.717) is 54.0 Å². The van der Waals surface area contributed by atoms with Crippen LogP contribution < -0.4 is 30.4 Å². The normalized spacial score (nSPS) is 18.4. The maximum absolute atomic E-state index is 13.5. The molecule has 2 aliphatic rings. The largest absolute Gasteiger partial charge is 0.493 e. The third-order valence-electron chi connectivity index (χ3n) is 7.38. The van der Waals surface area contributed by atoms with Crippen LogP contribution in [0.4, 0.5) is 11.4 Å². The quantitative estimate of drug-likeness (QED) is 0.182. The Balaban J connectivity index is 1.28. The zero-order chi connectivity index (χ0) is 29.5. The first-order valence-electron chi connectivity index (χ1n) is 13.8. The minimum Gasteiger partial charge on any atom is -0.493 e. The second kappa shape index (κ2) is 13.5. The van der Waals surface area contributed by atoms with E-state index in [9.17, 15) is 14.7 Å². The summed E-state index contributed by atoms with van der Waals surface area (Å²) in [5, 5.41) is 9.21. The van der Waals surface area contributed by atoms with Crippen molar-refractivity contribution in [2.24, 2.45) is 0 Å². The van der Waals surface area contributed by atoms with Crippen LogP contribution in [0.5, 0.6) is 23.0 Å². The molecule has 2 aromatic carbocycles. The maximum atomic E-state index is 13.5. The number of methoxy groups -OCH3 is 2. The standard InChI is InChI=1S/C30H39N3O8/c1-18-12-23(24-8-7-11-39-24)33(17-18)29(34)19-13-25(37-2)27(15-21(19)31)40-9-5-4-6-10-41-28-16-22(32)20(30(35)36)14-26(28)38-3/h13-16,23-24H,1,4-12,17,31-32H2,2-3H3,(H,35,36)/t23-,24?/m0/s1. The summed E-state index contributed by atoms with van der Waals surface area (Å²) < 4.78 is 28.3. The Bertz CT molecular complexity index is 1270. The fourth-order valence-corrected chi connectivity index (χ4v) is 5.26. The number of anilines is 2. The Kier molecular flexibility index (Phi) is 9.82. The number of carbonyl (C=O) groups excluding carboxylic acids is 1. The number of nitrogens with two attached hydrogens (primary N) is 2. The van der Waals surface area contributed by atoms with Crippen LogP contribution in [-0.4, -0.2) is 74.6 Å². The number of carboxylic acid groups (broad SMARTS) is 1. The summed E-state index contributed by atoms with van der Waals surface area (Å²) in [6.07, 6.45) is 4.96. The molecule has 0 saturated carbocycles. The lowest BCUT2D eigenvalue weighted by Crippen LogP contribution is -2.42. The van der Waals surface area contributed by atoms with Gasteiger partial charge in [0.05, 0.1) is 56.4 Å². The molecule has 0 spiro atoms. The van der Waals surface area contributed by atoms with Gasteiger partial charge in [0.1, 0.15) is 0 Å². The Morgan fingerprint density at radius 1 is 0.951 bits per heavy atom. The first-order valence-corrected chi connectivity index (χ1v) is 13.8. The highest BCUT2D eigenvalue weighted by atomic mass is 16.5. The molecule has 2 atom stereocenters. The number of hydrogen-bond acceptors (Lipinski definition) is 9. The van der Waals surface area contributed by atoms with E-state index in [4.69, 9.17) is 35.2 Å². The van der Waals surface area contributed by atoms with Crippen LogP contribution in [-0.2, 0) is 4.74 Å². The summed E-state index contributed by atoms with van der Waals surface area (Å²) in [4.78, 5) is 26.6. The summed E-state index contributed by atoms with van der Waals surface area (Å²) in [6.45, 7) is 6.12. The van der Waals surface area contributed by atoms with E-state index in [0.717, 1.165) is 50.7 Å². The van der Waals surface area contributed by atoms with Crippen LogP contribution in [0.15, 0.2) is 36.4 Å². The van der Waals surface area contributed by atoms with Crippen molar-refractivity contribution >= 4 is 23.3 Å². The van der Waals surface area contributed by atoms with Gasteiger partial charge in [0.2, 0.25) is 0 Å². The molecule has 11 nitrogen and oxygen atoms in total. The number of aromatic carboxylic acids is 1. The molecule has 1 unspecified atom stereocenters. The molecule has 1 amide bonds. The molecule has 2 aliphatic heterocycles. The predicted octanol–water partition coefficient (Wildman–Crippen LogP) is 4.14. The van der Waals surface area contributed by atoms with Gasteiger partial charge in [-0.15, -0.1) is 0 Å². The number of nitrogen functional groups attached to an aromatic ring is 2. The first-order chi connectivity index (χ1) is 19.7. The minimum atomic E-state index is -1.13. The topological polar surface area (TPSA) is 156 Å². The second-order valence-electron chi connectivity index (χ2n) is 10.2. The SMILES string of the molecule is C=C1C[C@@H](C2CCCO2)N(C(=O)c2cc(OC)c(OCCCCCOc3cc(N)c(C(=O)O)cc3OC)cc2N)C1. The number of ether oxygens (including phenoxy) is 5. The molecule has 0 bridgehead atoms. The molecule has 2 saturated heterocycles. The van der Waals surface area contributed by atoms with Crippen molar-refractivity contribution in [2.45, 2.75) is 50.7 Å². The number of benzene rings is 2. The molecule has 5 N–H and O–H groups in total. The Hall–Kier alpha value is -4.12. The van der Waals surface area contributed by atoms with Crippen molar-refractivity contribution in [3.63, 3.8) is 0 Å². The number of unbranched alkanes of at least 4 members (excludes halogenated alkanes) is 2. The van der Waals surface area contributed by atoms with E-state index in [-0.39, 0.29) is 29.3 Å². The van der Waals surface area contributed by atoms with Crippen LogP contribution in [0.3, 0.4) is 0 Å². The van der Waals surface area contributed by atoms with Gasteiger partial charge in [-0.3, -0.25) is 4.79 Å². The van der Waals surface area contributed by atoms with Gasteiger partial charge in [0.15, 0.2) is 23.0 Å². The minimum absolute atomic E-state index is 0.0203. The number of carbonyl (C=O) groups is 2. The van der Waals surface area contributed by atoms with Crippen molar-refractivity contribution in [1.82, 2.24) is 4.90 Å². The maximum Gasteiger partial charge on any atom is 0.337 e. The van der Waals surface area contributed by atoms with Crippen molar-refractivity contribution in [3.8, 4) is 23.0 Å². The average Bonchev–Trinajstić information content (AvgIpc) is 3.62. The van der Waals surface area contributed by atoms with E-state index in [1.165, 1.54) is 26.4 Å². The molecule has 0 aromatic heterocycles. The van der Waals surface area contributed by atoms with E-state index in [1.54, 1.807) is 12.1 Å². The van der Waals surface area contributed by atoms with Crippen molar-refractivity contribution in [3.05, 3.63) is 47.5 Å². The predicted molar refractivity (Wildman–Crippen MR) is 154 cm³/mol. The smallest absolute Gasteiger partial charge is 0.337 e. The molecule has 0 aliphatic carbocycles. The van der Waals surface area contributed by atoms with Crippen molar-refractivity contribution in [1.29, 1.82) is 0 Å². The van der Waals surface area contributed by atoms with Crippen LogP contribution >= 0.6 is 0 Å². The highest BCUT2D eigenvalue weighted by Gasteiger charge is 2.39. The summed E-state index contributed by atoms with van der Waals surface area (Å²) >= 11 is 0. The number of nitrogens with zero attached hydrogens (tertiary/aromatic N) is 1. The molecule has 4 rings (SSSR count). The van der Waals surface area contributed by atoms with Gasteiger partial charge < -0.3 is 45.2 Å². The Morgan fingerprint density at radius 2 is 1.54 bits per heavy atom. The third-order valence-corrected chi connectivity index (χ3v) is 7.38. The van der Waals surface area contributed by atoms with Gasteiger partial charge in [-0.25, -0.2) is 4.79 Å². The number of amides is 1. The molecule has 2 aromatic rings. The van der Waals surface area contributed by atoms with Gasteiger partial charge in [0.25, 0.3) is 5.91 Å². The van der Waals surface area contributed by atoms with E-state index in [2.05, 4.69) is 6.58 Å². The molecular weight excluding hydrogens is 530 g/mol. The lowest BCUT2D eigenvalue weighted by atomic mass is 10.0. The summed E-state index contributed by atoms with van der Waals surface area (Å²) in [5.74, 6) is 0.311. The van der Waals surface area contributed by atoms with Crippen LogP contribution in [0, 0.1) is 0 Å². The van der Waals surface area contributed by atoms with Gasteiger partial charge in [-0.1, -0.05) is 12.2 Å². The van der Waals surface area contributed by atoms with Gasteiger partial charge in [-0.2, -0.15) is 0 Å². The monoisotopic (exact) mass is 569 g/mol. The molecular formula is C30H39N3O8. The molecule has 2 fully saturated rings. The molecule has 41 heavy (non-hydrogen) atoms. The number of carboxylic acids is 1. The summed E-state index contributed by atoms with van der Waals surface area (Å²) in [6, 6.07) is 6.05. The van der Waals surface area contributed by atoms with E-state index < -0.39 is 5.97 Å². The average molecular weight is 570 g/mol. The molecule has 11 heteroatoms. The van der Waals surface area contributed by atoms with E-state index in [1.807, 2.05) is 4.90 Å². The van der Waals surface area contributed by atoms with Crippen molar-refractivity contribution in [2.75, 3.05) is 52.1 Å². The zero-order valence-corrected chi connectivity index (χ0v) is 23.6. The van der Waals surface area contributed by atoms with Gasteiger partial charge in [-0.05, 0) is 44.6 Å². The summed E-state index contributed by atoms with van der Waals surface area (Å²) in [7, 11) is 2.97. The lowest BCUT2D eigenvalue weighted by molar-refractivity contribution is 0.0341.